The lowest BCUT2D eigenvalue weighted by molar-refractivity contribution is 0.777. The van der Waals surface area contributed by atoms with Crippen LogP contribution in [0.5, 0.6) is 0 Å². The molecule has 1 heterocycles. The van der Waals surface area contributed by atoms with Gasteiger partial charge in [-0.2, -0.15) is 0 Å². The molecule has 16 heavy (non-hydrogen) atoms. The molecule has 0 bridgehead atoms. The van der Waals surface area contributed by atoms with Crippen LogP contribution in [-0.2, 0) is 6.42 Å². The third-order valence-electron chi connectivity index (χ3n) is 2.72. The molecule has 82 valence electrons. The lowest BCUT2D eigenvalue weighted by Gasteiger charge is -2.03. The lowest BCUT2D eigenvalue weighted by Crippen LogP contribution is -1.89. The molecule has 0 radical (unpaired) electrons. The minimum Gasteiger partial charge on any atom is -0.261 e. The monoisotopic (exact) mass is 211 g/mol. The molecule has 1 nitrogen and oxygen atoms in total. The van der Waals surface area contributed by atoms with E-state index in [4.69, 9.17) is 0 Å². The normalized spacial score (nSPS) is 10.3. The van der Waals surface area contributed by atoms with Crippen molar-refractivity contribution in [2.45, 2.75) is 26.2 Å². The zero-order valence-electron chi connectivity index (χ0n) is 9.69. The van der Waals surface area contributed by atoms with Crippen molar-refractivity contribution < 1.29 is 0 Å². The maximum atomic E-state index is 4.49. The van der Waals surface area contributed by atoms with Crippen molar-refractivity contribution >= 4 is 0 Å². The molecular formula is C15H17N. The predicted molar refractivity (Wildman–Crippen MR) is 68.3 cm³/mol. The van der Waals surface area contributed by atoms with Crippen LogP contribution in [-0.4, -0.2) is 4.98 Å². The summed E-state index contributed by atoms with van der Waals surface area (Å²) in [4.78, 5) is 4.49. The summed E-state index contributed by atoms with van der Waals surface area (Å²) in [5, 5.41) is 0. The largest absolute Gasteiger partial charge is 0.261 e. The van der Waals surface area contributed by atoms with E-state index in [0.717, 1.165) is 6.42 Å². The molecule has 0 aliphatic carbocycles. The molecule has 0 saturated carbocycles. The van der Waals surface area contributed by atoms with Crippen molar-refractivity contribution in [1.29, 1.82) is 0 Å². The van der Waals surface area contributed by atoms with E-state index in [2.05, 4.69) is 48.3 Å². The van der Waals surface area contributed by atoms with E-state index in [-0.39, 0.29) is 0 Å². The fourth-order valence-corrected chi connectivity index (χ4v) is 1.73. The summed E-state index contributed by atoms with van der Waals surface area (Å²) in [5.41, 5.74) is 3.62. The van der Waals surface area contributed by atoms with E-state index < -0.39 is 0 Å². The number of pyridine rings is 1. The number of unbranched alkanes of at least 4 members (excludes halogenated alkanes) is 1. The molecule has 2 aromatic rings. The molecule has 0 atom stereocenters. The van der Waals surface area contributed by atoms with Gasteiger partial charge in [-0.3, -0.25) is 4.98 Å². The first-order valence-electron chi connectivity index (χ1n) is 5.90. The molecule has 1 heteroatoms. The smallest absolute Gasteiger partial charge is 0.0404 e. The van der Waals surface area contributed by atoms with Crippen LogP contribution < -0.4 is 0 Å². The van der Waals surface area contributed by atoms with Crippen molar-refractivity contribution in [2.24, 2.45) is 0 Å². The third-order valence-corrected chi connectivity index (χ3v) is 2.72. The van der Waals surface area contributed by atoms with E-state index in [1.807, 2.05) is 12.3 Å². The van der Waals surface area contributed by atoms with Crippen LogP contribution in [0, 0.1) is 0 Å². The minimum atomic E-state index is 1.09. The van der Waals surface area contributed by atoms with Gasteiger partial charge in [-0.25, -0.2) is 0 Å². The number of rotatable bonds is 4. The zero-order chi connectivity index (χ0) is 11.2. The van der Waals surface area contributed by atoms with Gasteiger partial charge in [0.2, 0.25) is 0 Å². The van der Waals surface area contributed by atoms with Crippen LogP contribution in [0.3, 0.4) is 0 Å². The molecule has 0 unspecified atom stereocenters. The van der Waals surface area contributed by atoms with Gasteiger partial charge < -0.3 is 0 Å². The van der Waals surface area contributed by atoms with Gasteiger partial charge in [-0.05, 0) is 24.5 Å². The topological polar surface area (TPSA) is 12.9 Å². The molecule has 0 amide bonds. The Morgan fingerprint density at radius 2 is 1.75 bits per heavy atom. The van der Waals surface area contributed by atoms with Crippen LogP contribution in [0.15, 0.2) is 48.7 Å². The molecule has 0 spiro atoms. The minimum absolute atomic E-state index is 1.09. The van der Waals surface area contributed by atoms with E-state index in [0.29, 0.717) is 0 Å². The fourth-order valence-electron chi connectivity index (χ4n) is 1.73. The zero-order valence-corrected chi connectivity index (χ0v) is 9.69. The second-order valence-corrected chi connectivity index (χ2v) is 4.01. The van der Waals surface area contributed by atoms with E-state index in [9.17, 15) is 0 Å². The van der Waals surface area contributed by atoms with Gasteiger partial charge in [0.15, 0.2) is 0 Å². The Bertz CT molecular complexity index is 417. The number of benzene rings is 1. The van der Waals surface area contributed by atoms with Crippen molar-refractivity contribution in [2.75, 3.05) is 0 Å². The summed E-state index contributed by atoms with van der Waals surface area (Å²) >= 11 is 0. The Kier molecular flexibility index (Phi) is 3.71. The van der Waals surface area contributed by atoms with Gasteiger partial charge in [-0.1, -0.05) is 49.7 Å². The molecule has 1 aromatic heterocycles. The maximum absolute atomic E-state index is 4.49. The SMILES string of the molecule is CCCCc1ccc(-c2ccccc2)cn1. The van der Waals surface area contributed by atoms with Crippen molar-refractivity contribution in [3.05, 3.63) is 54.4 Å². The fraction of sp³-hybridized carbons (Fsp3) is 0.267. The van der Waals surface area contributed by atoms with E-state index in [1.165, 1.54) is 29.7 Å². The molecule has 0 aliphatic rings. The van der Waals surface area contributed by atoms with Crippen molar-refractivity contribution in [3.63, 3.8) is 0 Å². The first-order valence-corrected chi connectivity index (χ1v) is 5.90. The standard InChI is InChI=1S/C15H17N/c1-2-3-9-15-11-10-14(12-16-15)13-7-5-4-6-8-13/h4-8,10-12H,2-3,9H2,1H3. The molecule has 0 saturated heterocycles. The van der Waals surface area contributed by atoms with Gasteiger partial charge in [-0.15, -0.1) is 0 Å². The Labute approximate surface area is 97.2 Å². The quantitative estimate of drug-likeness (QED) is 0.742. The van der Waals surface area contributed by atoms with Crippen LogP contribution in [0.1, 0.15) is 25.5 Å². The van der Waals surface area contributed by atoms with Crippen LogP contribution in [0.25, 0.3) is 11.1 Å². The highest BCUT2D eigenvalue weighted by atomic mass is 14.7. The predicted octanol–water partition coefficient (Wildman–Crippen LogP) is 4.09. The molecule has 0 fully saturated rings. The Balaban J connectivity index is 2.13. The number of hydrogen-bond acceptors (Lipinski definition) is 1. The average molecular weight is 211 g/mol. The Hall–Kier alpha value is -1.63. The molecule has 0 aliphatic heterocycles. The summed E-state index contributed by atoms with van der Waals surface area (Å²) in [7, 11) is 0. The van der Waals surface area contributed by atoms with E-state index >= 15 is 0 Å². The maximum Gasteiger partial charge on any atom is 0.0404 e. The molecule has 2 rings (SSSR count). The van der Waals surface area contributed by atoms with E-state index in [1.54, 1.807) is 0 Å². The highest BCUT2D eigenvalue weighted by molar-refractivity contribution is 5.62. The van der Waals surface area contributed by atoms with Crippen molar-refractivity contribution in [1.82, 2.24) is 4.98 Å². The first-order chi connectivity index (χ1) is 7.90. The molecular weight excluding hydrogens is 194 g/mol. The van der Waals surface area contributed by atoms with Gasteiger partial charge in [0.05, 0.1) is 0 Å². The van der Waals surface area contributed by atoms with Gasteiger partial charge in [0.1, 0.15) is 0 Å². The van der Waals surface area contributed by atoms with Gasteiger partial charge in [0, 0.05) is 17.5 Å². The number of hydrogen-bond donors (Lipinski definition) is 0. The van der Waals surface area contributed by atoms with Gasteiger partial charge >= 0.3 is 0 Å². The highest BCUT2D eigenvalue weighted by Crippen LogP contribution is 2.17. The van der Waals surface area contributed by atoms with Gasteiger partial charge in [0.25, 0.3) is 0 Å². The second-order valence-electron chi connectivity index (χ2n) is 4.01. The summed E-state index contributed by atoms with van der Waals surface area (Å²) in [6.45, 7) is 2.21. The summed E-state index contributed by atoms with van der Waals surface area (Å²) in [6, 6.07) is 14.7. The number of aryl methyl sites for hydroxylation is 1. The Morgan fingerprint density at radius 1 is 0.938 bits per heavy atom. The Morgan fingerprint density at radius 3 is 2.38 bits per heavy atom. The molecule has 0 N–H and O–H groups in total. The number of aromatic nitrogens is 1. The first kappa shape index (κ1) is 10.9. The van der Waals surface area contributed by atoms with Crippen LogP contribution in [0.2, 0.25) is 0 Å². The summed E-state index contributed by atoms with van der Waals surface area (Å²) in [6.07, 6.45) is 5.51. The second kappa shape index (κ2) is 5.45. The lowest BCUT2D eigenvalue weighted by atomic mass is 10.1. The third kappa shape index (κ3) is 2.69. The van der Waals surface area contributed by atoms with Crippen LogP contribution >= 0.6 is 0 Å². The van der Waals surface area contributed by atoms with Crippen LogP contribution in [0.4, 0.5) is 0 Å². The molecule has 1 aromatic carbocycles. The number of nitrogens with zero attached hydrogens (tertiary/aromatic N) is 1. The highest BCUT2D eigenvalue weighted by Gasteiger charge is 1.98. The summed E-state index contributed by atoms with van der Waals surface area (Å²) < 4.78 is 0. The summed E-state index contributed by atoms with van der Waals surface area (Å²) in [5.74, 6) is 0. The average Bonchev–Trinajstić information content (AvgIpc) is 2.38. The van der Waals surface area contributed by atoms with Crippen molar-refractivity contribution in [3.8, 4) is 11.1 Å².